The third kappa shape index (κ3) is 4.44. The van der Waals surface area contributed by atoms with Crippen LogP contribution in [0.15, 0.2) is 24.3 Å². The fourth-order valence-corrected chi connectivity index (χ4v) is 1.66. The Morgan fingerprint density at radius 2 is 2.11 bits per heavy atom. The Balaban J connectivity index is 2.85. The van der Waals surface area contributed by atoms with Crippen LogP contribution in [-0.4, -0.2) is 10.9 Å². The molecule has 0 saturated carbocycles. The first-order valence-corrected chi connectivity index (χ1v) is 6.06. The predicted octanol–water partition coefficient (Wildman–Crippen LogP) is 3.58. The van der Waals surface area contributed by atoms with Gasteiger partial charge in [0.15, 0.2) is 5.12 Å². The van der Waals surface area contributed by atoms with Gasteiger partial charge in [-0.15, -0.1) is 0 Å². The second kappa shape index (κ2) is 5.95. The maximum atomic E-state index is 12.5. The highest BCUT2D eigenvalue weighted by Crippen LogP contribution is 2.31. The number of carbonyl (C=O) groups is 1. The lowest BCUT2D eigenvalue weighted by atomic mass is 10.1. The molecule has 0 atom stereocenters. The SMILES string of the molecule is CC(=O)SCC=Cc1cc(C(F)(F)F)ccc1N. The van der Waals surface area contributed by atoms with Gasteiger partial charge in [-0.2, -0.15) is 13.2 Å². The molecule has 1 aromatic carbocycles. The molecule has 0 unspecified atom stereocenters. The number of benzene rings is 1. The summed E-state index contributed by atoms with van der Waals surface area (Å²) in [7, 11) is 0. The zero-order valence-electron chi connectivity index (χ0n) is 9.62. The van der Waals surface area contributed by atoms with Crippen LogP contribution in [0.5, 0.6) is 0 Å². The van der Waals surface area contributed by atoms with Crippen LogP contribution < -0.4 is 5.73 Å². The third-order valence-electron chi connectivity index (χ3n) is 2.09. The Morgan fingerprint density at radius 1 is 1.44 bits per heavy atom. The van der Waals surface area contributed by atoms with E-state index in [1.807, 2.05) is 0 Å². The van der Waals surface area contributed by atoms with Crippen molar-refractivity contribution >= 4 is 28.6 Å². The van der Waals surface area contributed by atoms with Gasteiger partial charge in [0.1, 0.15) is 0 Å². The summed E-state index contributed by atoms with van der Waals surface area (Å²) in [5.74, 6) is 0.408. The van der Waals surface area contributed by atoms with Crippen molar-refractivity contribution in [3.8, 4) is 0 Å². The molecule has 2 nitrogen and oxygen atoms in total. The normalized spacial score (nSPS) is 12.0. The molecular weight excluding hydrogens is 263 g/mol. The minimum atomic E-state index is -4.38. The van der Waals surface area contributed by atoms with Gasteiger partial charge in [0.2, 0.25) is 0 Å². The molecule has 18 heavy (non-hydrogen) atoms. The summed E-state index contributed by atoms with van der Waals surface area (Å²) in [6.07, 6.45) is -1.29. The molecule has 0 spiro atoms. The van der Waals surface area contributed by atoms with Crippen LogP contribution in [0.2, 0.25) is 0 Å². The van der Waals surface area contributed by atoms with E-state index in [0.717, 1.165) is 23.9 Å². The molecule has 0 saturated heterocycles. The van der Waals surface area contributed by atoms with E-state index in [1.54, 1.807) is 6.08 Å². The van der Waals surface area contributed by atoms with E-state index in [9.17, 15) is 18.0 Å². The van der Waals surface area contributed by atoms with Gasteiger partial charge in [0.05, 0.1) is 5.56 Å². The number of rotatable bonds is 3. The van der Waals surface area contributed by atoms with Crippen LogP contribution in [0.3, 0.4) is 0 Å². The lowest BCUT2D eigenvalue weighted by Gasteiger charge is -2.08. The van der Waals surface area contributed by atoms with Crippen molar-refractivity contribution in [2.45, 2.75) is 13.1 Å². The summed E-state index contributed by atoms with van der Waals surface area (Å²) in [5, 5.41) is -0.0448. The summed E-state index contributed by atoms with van der Waals surface area (Å²) >= 11 is 1.08. The van der Waals surface area contributed by atoms with E-state index in [1.165, 1.54) is 19.1 Å². The van der Waals surface area contributed by atoms with E-state index >= 15 is 0 Å². The van der Waals surface area contributed by atoms with Crippen molar-refractivity contribution in [2.75, 3.05) is 11.5 Å². The molecule has 0 heterocycles. The summed E-state index contributed by atoms with van der Waals surface area (Å²) in [4.78, 5) is 10.7. The van der Waals surface area contributed by atoms with Crippen molar-refractivity contribution in [3.63, 3.8) is 0 Å². The average molecular weight is 275 g/mol. The Hall–Kier alpha value is -1.43. The summed E-state index contributed by atoms with van der Waals surface area (Å²) in [6, 6.07) is 3.15. The van der Waals surface area contributed by atoms with Gasteiger partial charge >= 0.3 is 6.18 Å². The number of nitrogen functional groups attached to an aromatic ring is 1. The van der Waals surface area contributed by atoms with Crippen molar-refractivity contribution in [3.05, 3.63) is 35.4 Å². The molecule has 98 valence electrons. The third-order valence-corrected chi connectivity index (χ3v) is 2.86. The fraction of sp³-hybridized carbons (Fsp3) is 0.250. The molecule has 0 fully saturated rings. The monoisotopic (exact) mass is 275 g/mol. The van der Waals surface area contributed by atoms with Gasteiger partial charge in [-0.25, -0.2) is 0 Å². The van der Waals surface area contributed by atoms with Crippen LogP contribution in [0.4, 0.5) is 18.9 Å². The number of carbonyl (C=O) groups excluding carboxylic acids is 1. The van der Waals surface area contributed by atoms with Gasteiger partial charge in [0, 0.05) is 18.4 Å². The second-order valence-corrected chi connectivity index (χ2v) is 4.74. The molecule has 1 rings (SSSR count). The van der Waals surface area contributed by atoms with Gasteiger partial charge < -0.3 is 5.73 Å². The molecule has 0 radical (unpaired) electrons. The Kier molecular flexibility index (Phi) is 4.84. The van der Waals surface area contributed by atoms with Crippen molar-refractivity contribution in [1.82, 2.24) is 0 Å². The van der Waals surface area contributed by atoms with E-state index in [0.29, 0.717) is 11.3 Å². The second-order valence-electron chi connectivity index (χ2n) is 3.55. The Morgan fingerprint density at radius 3 is 2.67 bits per heavy atom. The van der Waals surface area contributed by atoms with E-state index in [-0.39, 0.29) is 10.8 Å². The number of alkyl halides is 3. The quantitative estimate of drug-likeness (QED) is 0.857. The molecule has 0 aliphatic rings. The van der Waals surface area contributed by atoms with Gasteiger partial charge in [-0.3, -0.25) is 4.79 Å². The average Bonchev–Trinajstić information content (AvgIpc) is 2.24. The largest absolute Gasteiger partial charge is 0.416 e. The van der Waals surface area contributed by atoms with E-state index in [4.69, 9.17) is 5.73 Å². The lowest BCUT2D eigenvalue weighted by molar-refractivity contribution is -0.137. The molecule has 2 N–H and O–H groups in total. The molecule has 0 bridgehead atoms. The minimum absolute atomic E-state index is 0.0448. The summed E-state index contributed by atoms with van der Waals surface area (Å²) in [5.41, 5.74) is 5.41. The number of thioether (sulfide) groups is 1. The van der Waals surface area contributed by atoms with Crippen LogP contribution in [0.25, 0.3) is 6.08 Å². The molecule has 0 aliphatic carbocycles. The van der Waals surface area contributed by atoms with Crippen LogP contribution in [0.1, 0.15) is 18.1 Å². The number of hydrogen-bond acceptors (Lipinski definition) is 3. The summed E-state index contributed by atoms with van der Waals surface area (Å²) < 4.78 is 37.4. The molecule has 1 aromatic rings. The van der Waals surface area contributed by atoms with Gasteiger partial charge in [-0.1, -0.05) is 23.9 Å². The highest BCUT2D eigenvalue weighted by molar-refractivity contribution is 8.13. The number of halogens is 3. The zero-order chi connectivity index (χ0) is 13.8. The first kappa shape index (κ1) is 14.6. The van der Waals surface area contributed by atoms with Crippen LogP contribution >= 0.6 is 11.8 Å². The van der Waals surface area contributed by atoms with Crippen LogP contribution in [0, 0.1) is 0 Å². The minimum Gasteiger partial charge on any atom is -0.398 e. The highest BCUT2D eigenvalue weighted by Gasteiger charge is 2.30. The number of hydrogen-bond donors (Lipinski definition) is 1. The molecule has 0 aliphatic heterocycles. The molecule has 0 aromatic heterocycles. The summed E-state index contributed by atoms with van der Waals surface area (Å²) in [6.45, 7) is 1.43. The molecular formula is C12H12F3NOS. The lowest BCUT2D eigenvalue weighted by Crippen LogP contribution is -2.05. The van der Waals surface area contributed by atoms with Crippen molar-refractivity contribution in [1.29, 1.82) is 0 Å². The number of nitrogens with two attached hydrogens (primary N) is 1. The number of anilines is 1. The van der Waals surface area contributed by atoms with Crippen LogP contribution in [-0.2, 0) is 11.0 Å². The van der Waals surface area contributed by atoms with Crippen molar-refractivity contribution < 1.29 is 18.0 Å². The first-order valence-electron chi connectivity index (χ1n) is 5.07. The Labute approximate surface area is 107 Å². The standard InChI is InChI=1S/C12H12F3NOS/c1-8(17)18-6-2-3-9-7-10(12(13,14)15)4-5-11(9)16/h2-5,7H,6,16H2,1H3. The van der Waals surface area contributed by atoms with E-state index in [2.05, 4.69) is 0 Å². The topological polar surface area (TPSA) is 43.1 Å². The maximum absolute atomic E-state index is 12.5. The molecule has 6 heteroatoms. The van der Waals surface area contributed by atoms with E-state index < -0.39 is 11.7 Å². The Bertz CT molecular complexity index is 469. The smallest absolute Gasteiger partial charge is 0.398 e. The first-order chi connectivity index (χ1) is 8.30. The predicted molar refractivity (Wildman–Crippen MR) is 68.0 cm³/mol. The van der Waals surface area contributed by atoms with Gasteiger partial charge in [-0.05, 0) is 23.8 Å². The molecule has 0 amide bonds. The fourth-order valence-electron chi connectivity index (χ4n) is 1.24. The zero-order valence-corrected chi connectivity index (χ0v) is 10.4. The van der Waals surface area contributed by atoms with Crippen molar-refractivity contribution in [2.24, 2.45) is 0 Å². The van der Waals surface area contributed by atoms with Gasteiger partial charge in [0.25, 0.3) is 0 Å². The maximum Gasteiger partial charge on any atom is 0.416 e. The highest BCUT2D eigenvalue weighted by atomic mass is 32.2.